The molecule has 1 amide bonds. The van der Waals surface area contributed by atoms with Crippen molar-refractivity contribution in [2.75, 3.05) is 6.61 Å². The van der Waals surface area contributed by atoms with Crippen molar-refractivity contribution in [3.63, 3.8) is 0 Å². The molecule has 40 heavy (non-hydrogen) atoms. The zero-order valence-corrected chi connectivity index (χ0v) is 23.6. The fourth-order valence-electron chi connectivity index (χ4n) is 3.73. The van der Waals surface area contributed by atoms with Gasteiger partial charge < -0.3 is 14.8 Å². The van der Waals surface area contributed by atoms with E-state index in [1.54, 1.807) is 45.0 Å². The fourth-order valence-corrected chi connectivity index (χ4v) is 5.44. The van der Waals surface area contributed by atoms with Gasteiger partial charge in [-0.05, 0) is 62.0 Å². The lowest BCUT2D eigenvalue weighted by molar-refractivity contribution is -0.158. The molecule has 4 aromatic rings. The van der Waals surface area contributed by atoms with Gasteiger partial charge in [0.1, 0.15) is 15.6 Å². The first-order valence-corrected chi connectivity index (χ1v) is 14.1. The molecule has 0 radical (unpaired) electrons. The van der Waals surface area contributed by atoms with E-state index in [2.05, 4.69) is 10.3 Å². The Morgan fingerprint density at radius 3 is 2.30 bits per heavy atom. The van der Waals surface area contributed by atoms with Gasteiger partial charge in [-0.2, -0.15) is 13.2 Å². The van der Waals surface area contributed by atoms with Gasteiger partial charge in [0, 0.05) is 23.4 Å². The van der Waals surface area contributed by atoms with Gasteiger partial charge >= 0.3 is 12.1 Å². The van der Waals surface area contributed by atoms with Gasteiger partial charge in [0.05, 0.1) is 17.9 Å². The number of hydrogen-bond donors (Lipinski definition) is 1. The maximum Gasteiger partial charge on any atom is 0.416 e. The molecule has 2 aromatic heterocycles. The summed E-state index contributed by atoms with van der Waals surface area (Å²) in [6.45, 7) is 5.46. The normalized spacial score (nSPS) is 11.8. The molecule has 0 aliphatic rings. The largest absolute Gasteiger partial charge is 0.476 e. The minimum absolute atomic E-state index is 0.229. The highest BCUT2D eigenvalue weighted by molar-refractivity contribution is 7.17. The third-order valence-corrected chi connectivity index (χ3v) is 7.82. The average molecular weight is 589 g/mol. The van der Waals surface area contributed by atoms with Crippen molar-refractivity contribution in [3.05, 3.63) is 92.6 Å². The number of esters is 1. The second-order valence-electron chi connectivity index (χ2n) is 9.29. The minimum atomic E-state index is -4.43. The number of nitrogens with one attached hydrogen (secondary N) is 1. The maximum atomic E-state index is 13.2. The fraction of sp³-hybridized carbons (Fsp3) is 0.276. The summed E-state index contributed by atoms with van der Waals surface area (Å²) in [6.07, 6.45) is -4.00. The van der Waals surface area contributed by atoms with E-state index in [-0.39, 0.29) is 19.1 Å². The van der Waals surface area contributed by atoms with Crippen LogP contribution in [0.2, 0.25) is 0 Å². The van der Waals surface area contributed by atoms with E-state index >= 15 is 0 Å². The number of alkyl halides is 3. The predicted octanol–water partition coefficient (Wildman–Crippen LogP) is 7.13. The number of rotatable bonds is 10. The smallest absolute Gasteiger partial charge is 0.416 e. The second-order valence-corrected chi connectivity index (χ2v) is 11.3. The van der Waals surface area contributed by atoms with Crippen LogP contribution in [0.1, 0.15) is 52.1 Å². The Balaban J connectivity index is 1.48. The van der Waals surface area contributed by atoms with Crippen molar-refractivity contribution in [2.45, 2.75) is 45.5 Å². The first kappa shape index (κ1) is 29.3. The van der Waals surface area contributed by atoms with Gasteiger partial charge in [0.15, 0.2) is 5.60 Å². The monoisotopic (exact) mass is 588 g/mol. The molecule has 0 saturated carbocycles. The van der Waals surface area contributed by atoms with Crippen LogP contribution in [0, 0.1) is 0 Å². The number of carbonyl (C=O) groups excluding carboxylic acids is 2. The van der Waals surface area contributed by atoms with Gasteiger partial charge in [-0.3, -0.25) is 4.79 Å². The number of benzene rings is 2. The van der Waals surface area contributed by atoms with E-state index in [1.807, 2.05) is 17.5 Å². The summed E-state index contributed by atoms with van der Waals surface area (Å²) in [4.78, 5) is 31.3. The highest BCUT2D eigenvalue weighted by Crippen LogP contribution is 2.34. The van der Waals surface area contributed by atoms with Crippen LogP contribution in [0.4, 0.5) is 13.2 Å². The number of thiophene rings is 1. The van der Waals surface area contributed by atoms with Crippen molar-refractivity contribution in [1.29, 1.82) is 0 Å². The van der Waals surface area contributed by atoms with Crippen LogP contribution in [-0.2, 0) is 28.7 Å². The van der Waals surface area contributed by atoms with Crippen molar-refractivity contribution < 1.29 is 32.2 Å². The van der Waals surface area contributed by atoms with E-state index in [4.69, 9.17) is 9.47 Å². The maximum absolute atomic E-state index is 13.2. The van der Waals surface area contributed by atoms with E-state index in [1.165, 1.54) is 23.5 Å². The van der Waals surface area contributed by atoms with Gasteiger partial charge in [-0.25, -0.2) is 9.78 Å². The molecule has 0 bridgehead atoms. The van der Waals surface area contributed by atoms with Gasteiger partial charge in [-0.15, -0.1) is 22.7 Å². The summed E-state index contributed by atoms with van der Waals surface area (Å²) in [6, 6.07) is 15.6. The molecule has 0 saturated heterocycles. The summed E-state index contributed by atoms with van der Waals surface area (Å²) >= 11 is 2.68. The Kier molecular flexibility index (Phi) is 8.95. The molecule has 4 rings (SSSR count). The standard InChI is InChI=1S/C29H27F3N2O4S2/c1-4-37-27(36)28(2,3)38-21-13-7-18(8-14-21)17-33-25(35)24-23(16-22-6-5-15-39-22)34-26(40-24)19-9-11-20(12-10-19)29(30,31)32/h5-15H,4,16-17H2,1-3H3,(H,33,35). The number of thiazole rings is 1. The zero-order valence-electron chi connectivity index (χ0n) is 22.0. The lowest BCUT2D eigenvalue weighted by Crippen LogP contribution is -2.39. The van der Waals surface area contributed by atoms with E-state index in [0.717, 1.165) is 33.9 Å². The Bertz CT molecular complexity index is 1450. The molecule has 6 nitrogen and oxygen atoms in total. The third kappa shape index (κ3) is 7.28. The molecule has 0 aliphatic carbocycles. The quantitative estimate of drug-likeness (QED) is 0.200. The molecule has 2 aromatic carbocycles. The SMILES string of the molecule is CCOC(=O)C(C)(C)Oc1ccc(CNC(=O)c2sc(-c3ccc(C(F)(F)F)cc3)nc2Cc2cccs2)cc1. The van der Waals surface area contributed by atoms with Crippen molar-refractivity contribution >= 4 is 34.6 Å². The highest BCUT2D eigenvalue weighted by Gasteiger charge is 2.32. The van der Waals surface area contributed by atoms with Crippen LogP contribution in [-0.4, -0.2) is 29.1 Å². The first-order chi connectivity index (χ1) is 19.0. The molecular formula is C29H27F3N2O4S2. The summed E-state index contributed by atoms with van der Waals surface area (Å²) in [5, 5.41) is 5.30. The molecule has 0 aliphatic heterocycles. The first-order valence-electron chi connectivity index (χ1n) is 12.4. The van der Waals surface area contributed by atoms with E-state index < -0.39 is 23.3 Å². The Labute approximate surface area is 237 Å². The summed E-state index contributed by atoms with van der Waals surface area (Å²) in [7, 11) is 0. The summed E-state index contributed by atoms with van der Waals surface area (Å²) in [5.41, 5.74) is -0.0234. The van der Waals surface area contributed by atoms with Crippen LogP contribution in [0.5, 0.6) is 5.75 Å². The van der Waals surface area contributed by atoms with E-state index in [0.29, 0.717) is 33.3 Å². The molecule has 0 atom stereocenters. The molecule has 0 fully saturated rings. The number of aromatic nitrogens is 1. The molecular weight excluding hydrogens is 561 g/mol. The molecule has 2 heterocycles. The Morgan fingerprint density at radius 1 is 1.00 bits per heavy atom. The number of carbonyl (C=O) groups is 2. The highest BCUT2D eigenvalue weighted by atomic mass is 32.1. The molecule has 11 heteroatoms. The van der Waals surface area contributed by atoms with Gasteiger partial charge in [0.25, 0.3) is 5.91 Å². The Hall–Kier alpha value is -3.70. The summed E-state index contributed by atoms with van der Waals surface area (Å²) < 4.78 is 49.8. The number of ether oxygens (including phenoxy) is 2. The molecule has 210 valence electrons. The topological polar surface area (TPSA) is 77.5 Å². The number of amides is 1. The van der Waals surface area contributed by atoms with Crippen LogP contribution in [0.25, 0.3) is 10.6 Å². The molecule has 0 spiro atoms. The van der Waals surface area contributed by atoms with Gasteiger partial charge in [-0.1, -0.05) is 30.3 Å². The van der Waals surface area contributed by atoms with Gasteiger partial charge in [0.2, 0.25) is 0 Å². The van der Waals surface area contributed by atoms with Crippen LogP contribution < -0.4 is 10.1 Å². The lowest BCUT2D eigenvalue weighted by Gasteiger charge is -2.24. The number of nitrogens with zero attached hydrogens (tertiary/aromatic N) is 1. The van der Waals surface area contributed by atoms with Crippen molar-refractivity contribution in [1.82, 2.24) is 10.3 Å². The number of halogens is 3. The predicted molar refractivity (Wildman–Crippen MR) is 149 cm³/mol. The third-order valence-electron chi connectivity index (χ3n) is 5.80. The Morgan fingerprint density at radius 2 is 1.70 bits per heavy atom. The summed E-state index contributed by atoms with van der Waals surface area (Å²) in [5.74, 6) is -0.314. The van der Waals surface area contributed by atoms with Crippen LogP contribution >= 0.6 is 22.7 Å². The lowest BCUT2D eigenvalue weighted by atomic mass is 10.1. The van der Waals surface area contributed by atoms with E-state index in [9.17, 15) is 22.8 Å². The zero-order chi connectivity index (χ0) is 28.9. The van der Waals surface area contributed by atoms with Crippen molar-refractivity contribution in [3.8, 4) is 16.3 Å². The molecule has 0 unspecified atom stereocenters. The van der Waals surface area contributed by atoms with Crippen LogP contribution in [0.3, 0.4) is 0 Å². The second kappa shape index (κ2) is 12.2. The number of hydrogen-bond acceptors (Lipinski definition) is 7. The van der Waals surface area contributed by atoms with Crippen molar-refractivity contribution in [2.24, 2.45) is 0 Å². The van der Waals surface area contributed by atoms with Crippen LogP contribution in [0.15, 0.2) is 66.0 Å². The average Bonchev–Trinajstić information content (AvgIpc) is 3.58. The minimum Gasteiger partial charge on any atom is -0.476 e. The molecule has 1 N–H and O–H groups in total.